The molecule has 0 aromatic heterocycles. The zero-order valence-electron chi connectivity index (χ0n) is 7.73. The maximum absolute atomic E-state index is 2.33. The molecule has 0 atom stereocenters. The van der Waals surface area contributed by atoms with Crippen molar-refractivity contribution in [3.05, 3.63) is 6.54 Å². The van der Waals surface area contributed by atoms with Crippen LogP contribution in [-0.2, 0) is 0 Å². The Morgan fingerprint density at radius 1 is 1.20 bits per heavy atom. The fourth-order valence-electron chi connectivity index (χ4n) is 1.98. The Kier molecular flexibility index (Phi) is 1.59. The summed E-state index contributed by atoms with van der Waals surface area (Å²) in [7, 11) is 2.16. The van der Waals surface area contributed by atoms with E-state index in [1.54, 1.807) is 0 Å². The lowest BCUT2D eigenvalue weighted by atomic mass is 9.86. The van der Waals surface area contributed by atoms with Gasteiger partial charge < -0.3 is 4.90 Å². The minimum Gasteiger partial charge on any atom is -0.454 e. The zero-order valence-corrected chi connectivity index (χ0v) is 7.73. The third kappa shape index (κ3) is 1.34. The highest BCUT2D eigenvalue weighted by Gasteiger charge is 2.31. The molecule has 60 valence electrons. The Balaban J connectivity index is 2.71. The lowest BCUT2D eigenvalue weighted by Crippen LogP contribution is -2.32. The highest BCUT2D eigenvalue weighted by atomic mass is 15.2. The van der Waals surface area contributed by atoms with Crippen molar-refractivity contribution >= 4 is 0 Å². The molecule has 1 aliphatic rings. The van der Waals surface area contributed by atoms with Crippen LogP contribution in [0.15, 0.2) is 0 Å². The largest absolute Gasteiger partial charge is 0.454 e. The first-order chi connectivity index (χ1) is 4.33. The van der Waals surface area contributed by atoms with Gasteiger partial charge in [0.15, 0.2) is 0 Å². The van der Waals surface area contributed by atoms with E-state index in [4.69, 9.17) is 0 Å². The van der Waals surface area contributed by atoms with E-state index in [1.807, 2.05) is 0 Å². The van der Waals surface area contributed by atoms with Crippen LogP contribution in [0.5, 0.6) is 0 Å². The first-order valence-corrected chi connectivity index (χ1v) is 3.92. The van der Waals surface area contributed by atoms with Crippen LogP contribution in [0.3, 0.4) is 0 Å². The van der Waals surface area contributed by atoms with Crippen LogP contribution in [-0.4, -0.2) is 17.5 Å². The molecule has 0 bridgehead atoms. The lowest BCUT2D eigenvalue weighted by molar-refractivity contribution is 0.243. The molecule has 0 unspecified atom stereocenters. The summed E-state index contributed by atoms with van der Waals surface area (Å²) in [6.45, 7) is 11.5. The van der Waals surface area contributed by atoms with Gasteiger partial charge in [-0.15, -0.1) is 5.41 Å². The normalized spacial score (nSPS) is 30.9. The quantitative estimate of drug-likeness (QED) is 0.467. The summed E-state index contributed by atoms with van der Waals surface area (Å²) in [5.74, 6) is 0. The Morgan fingerprint density at radius 3 is 1.80 bits per heavy atom. The molecule has 0 saturated carbocycles. The van der Waals surface area contributed by atoms with Crippen molar-refractivity contribution in [1.82, 2.24) is 4.90 Å². The minimum atomic E-state index is 0.365. The molecule has 1 aliphatic heterocycles. The van der Waals surface area contributed by atoms with Crippen molar-refractivity contribution in [3.8, 4) is 0 Å². The van der Waals surface area contributed by atoms with Crippen molar-refractivity contribution in [2.75, 3.05) is 7.05 Å². The third-order valence-electron chi connectivity index (χ3n) is 2.39. The first kappa shape index (κ1) is 8.06. The van der Waals surface area contributed by atoms with Crippen molar-refractivity contribution in [1.29, 1.82) is 0 Å². The molecular weight excluding hydrogens is 122 g/mol. The second-order valence-corrected chi connectivity index (χ2v) is 4.72. The van der Waals surface area contributed by atoms with Crippen molar-refractivity contribution in [3.63, 3.8) is 0 Å². The van der Waals surface area contributed by atoms with E-state index >= 15 is 0 Å². The molecule has 1 rings (SSSR count). The van der Waals surface area contributed by atoms with Gasteiger partial charge in [-0.3, -0.25) is 6.54 Å². The van der Waals surface area contributed by atoms with E-state index < -0.39 is 0 Å². The van der Waals surface area contributed by atoms with E-state index in [2.05, 4.69) is 46.2 Å². The molecule has 0 aliphatic carbocycles. The molecule has 0 aromatic carbocycles. The van der Waals surface area contributed by atoms with E-state index in [0.29, 0.717) is 11.0 Å². The van der Waals surface area contributed by atoms with Crippen LogP contribution >= 0.6 is 0 Å². The molecule has 0 N–H and O–H groups in total. The third-order valence-corrected chi connectivity index (χ3v) is 2.39. The number of hydrogen-bond acceptors (Lipinski definition) is 1. The van der Waals surface area contributed by atoms with Crippen molar-refractivity contribution in [2.45, 2.75) is 39.7 Å². The minimum absolute atomic E-state index is 0.365. The Labute approximate surface area is 64.4 Å². The SMILES string of the molecule is CN1[CH-]C(C)(C)CC1(C)C. The van der Waals surface area contributed by atoms with Gasteiger partial charge in [-0.2, -0.15) is 0 Å². The van der Waals surface area contributed by atoms with Crippen LogP contribution in [0.1, 0.15) is 34.1 Å². The van der Waals surface area contributed by atoms with Gasteiger partial charge in [0.25, 0.3) is 0 Å². The summed E-state index contributed by atoms with van der Waals surface area (Å²) in [6.07, 6.45) is 1.26. The average molecular weight is 140 g/mol. The van der Waals surface area contributed by atoms with Gasteiger partial charge in [0.1, 0.15) is 0 Å². The van der Waals surface area contributed by atoms with E-state index in [1.165, 1.54) is 6.42 Å². The van der Waals surface area contributed by atoms with Crippen molar-refractivity contribution in [2.24, 2.45) is 5.41 Å². The molecule has 1 fully saturated rings. The highest BCUT2D eigenvalue weighted by molar-refractivity contribution is 5.02. The Bertz CT molecular complexity index is 136. The smallest absolute Gasteiger partial charge is 0.0144 e. The predicted molar refractivity (Wildman–Crippen MR) is 44.5 cm³/mol. The summed E-state index contributed by atoms with van der Waals surface area (Å²) in [4.78, 5) is 2.33. The molecule has 0 radical (unpaired) electrons. The lowest BCUT2D eigenvalue weighted by Gasteiger charge is -2.35. The second-order valence-electron chi connectivity index (χ2n) is 4.72. The number of likely N-dealkylation sites (tertiary alicyclic amines) is 1. The van der Waals surface area contributed by atoms with Gasteiger partial charge in [0, 0.05) is 0 Å². The molecule has 1 heteroatoms. The van der Waals surface area contributed by atoms with Gasteiger partial charge in [0.05, 0.1) is 0 Å². The fraction of sp³-hybridized carbons (Fsp3) is 0.889. The number of hydrogen-bond donors (Lipinski definition) is 0. The first-order valence-electron chi connectivity index (χ1n) is 3.92. The summed E-state index contributed by atoms with van der Waals surface area (Å²) in [6, 6.07) is 0. The zero-order chi connectivity index (χ0) is 7.99. The molecule has 1 saturated heterocycles. The molecule has 0 spiro atoms. The van der Waals surface area contributed by atoms with Gasteiger partial charge in [-0.05, 0) is 26.4 Å². The monoisotopic (exact) mass is 140 g/mol. The highest BCUT2D eigenvalue weighted by Crippen LogP contribution is 2.42. The van der Waals surface area contributed by atoms with Gasteiger partial charge in [-0.1, -0.05) is 20.3 Å². The van der Waals surface area contributed by atoms with Gasteiger partial charge in [0.2, 0.25) is 0 Å². The maximum Gasteiger partial charge on any atom is -0.0144 e. The second kappa shape index (κ2) is 1.97. The summed E-state index contributed by atoms with van der Waals surface area (Å²) < 4.78 is 0. The van der Waals surface area contributed by atoms with Crippen LogP contribution in [0.25, 0.3) is 0 Å². The Hall–Kier alpha value is -0.0400. The molecular formula is C9H18N-. The van der Waals surface area contributed by atoms with Gasteiger partial charge >= 0.3 is 0 Å². The average Bonchev–Trinajstić information content (AvgIpc) is 1.73. The molecule has 0 aromatic rings. The van der Waals surface area contributed by atoms with E-state index in [-0.39, 0.29) is 0 Å². The molecule has 1 nitrogen and oxygen atoms in total. The number of nitrogens with zero attached hydrogens (tertiary/aromatic N) is 1. The van der Waals surface area contributed by atoms with E-state index in [0.717, 1.165) is 0 Å². The van der Waals surface area contributed by atoms with Crippen LogP contribution in [0, 0.1) is 12.0 Å². The summed E-state index contributed by atoms with van der Waals surface area (Å²) in [5.41, 5.74) is 0.766. The molecule has 10 heavy (non-hydrogen) atoms. The van der Waals surface area contributed by atoms with Crippen molar-refractivity contribution < 1.29 is 0 Å². The summed E-state index contributed by atoms with van der Waals surface area (Å²) >= 11 is 0. The fourth-order valence-corrected chi connectivity index (χ4v) is 1.98. The molecule has 1 heterocycles. The maximum atomic E-state index is 2.33. The van der Waals surface area contributed by atoms with Crippen LogP contribution in [0.2, 0.25) is 0 Å². The number of rotatable bonds is 0. The topological polar surface area (TPSA) is 3.24 Å². The summed E-state index contributed by atoms with van der Waals surface area (Å²) in [5, 5.41) is 0. The standard InChI is InChI=1S/C9H18N/c1-8(2)6-9(3,4)10(5)7-8/h7H,6H2,1-5H3/q-1. The van der Waals surface area contributed by atoms with E-state index in [9.17, 15) is 0 Å². The van der Waals surface area contributed by atoms with Gasteiger partial charge in [-0.25, -0.2) is 0 Å². The Morgan fingerprint density at radius 2 is 1.70 bits per heavy atom. The molecule has 0 amide bonds. The predicted octanol–water partition coefficient (Wildman–Crippen LogP) is 2.29. The van der Waals surface area contributed by atoms with Crippen LogP contribution in [0.4, 0.5) is 0 Å². The van der Waals surface area contributed by atoms with Crippen LogP contribution < -0.4 is 0 Å².